The van der Waals surface area contributed by atoms with Crippen LogP contribution in [-0.4, -0.2) is 18.0 Å². The number of nitrogens with one attached hydrogen (secondary N) is 1. The first-order valence-corrected chi connectivity index (χ1v) is 9.82. The van der Waals surface area contributed by atoms with Gasteiger partial charge in [0.05, 0.1) is 17.8 Å². The number of ether oxygens (including phenoxy) is 1. The highest BCUT2D eigenvalue weighted by Crippen LogP contribution is 2.36. The number of carbonyl (C=O) groups excluding carboxylic acids is 1. The summed E-state index contributed by atoms with van der Waals surface area (Å²) < 4.78 is 6.35. The molecule has 1 amide bonds. The van der Waals surface area contributed by atoms with Gasteiger partial charge in [-0.25, -0.2) is 4.98 Å². The maximum absolute atomic E-state index is 12.6. The standard InChI is InChI=1S/C19H13ClN2O2S2/c1-24-14-8-4-2-6-11(14)13-10-25-19(21-13)22-18(23)17-16(20)12-7-3-5-9-15(12)26-17/h2-10H,1H3,(H,21,22,23). The van der Waals surface area contributed by atoms with Gasteiger partial charge in [-0.05, 0) is 18.2 Å². The summed E-state index contributed by atoms with van der Waals surface area (Å²) in [5.41, 5.74) is 1.64. The summed E-state index contributed by atoms with van der Waals surface area (Å²) in [7, 11) is 1.62. The van der Waals surface area contributed by atoms with Crippen molar-refractivity contribution in [3.63, 3.8) is 0 Å². The van der Waals surface area contributed by atoms with Crippen molar-refractivity contribution in [3.8, 4) is 17.0 Å². The summed E-state index contributed by atoms with van der Waals surface area (Å²) in [5, 5.41) is 6.61. The monoisotopic (exact) mass is 400 g/mol. The van der Waals surface area contributed by atoms with E-state index >= 15 is 0 Å². The molecule has 0 aliphatic carbocycles. The van der Waals surface area contributed by atoms with Crippen LogP contribution in [0.25, 0.3) is 21.3 Å². The Labute approximate surface area is 163 Å². The second-order valence-electron chi connectivity index (χ2n) is 5.43. The first kappa shape index (κ1) is 17.0. The maximum Gasteiger partial charge on any atom is 0.269 e. The van der Waals surface area contributed by atoms with Crippen LogP contribution >= 0.6 is 34.3 Å². The second-order valence-corrected chi connectivity index (χ2v) is 7.72. The molecule has 0 saturated heterocycles. The lowest BCUT2D eigenvalue weighted by molar-refractivity contribution is 0.103. The number of aromatic nitrogens is 1. The van der Waals surface area contributed by atoms with Crippen LogP contribution in [0.15, 0.2) is 53.9 Å². The molecule has 0 aliphatic rings. The van der Waals surface area contributed by atoms with Crippen LogP contribution in [0.5, 0.6) is 5.75 Å². The van der Waals surface area contributed by atoms with Crippen LogP contribution in [0.2, 0.25) is 5.02 Å². The first-order valence-electron chi connectivity index (χ1n) is 7.74. The number of thiazole rings is 1. The molecule has 0 fully saturated rings. The van der Waals surface area contributed by atoms with Crippen LogP contribution in [-0.2, 0) is 0 Å². The van der Waals surface area contributed by atoms with E-state index in [-0.39, 0.29) is 5.91 Å². The van der Waals surface area contributed by atoms with E-state index in [9.17, 15) is 4.79 Å². The minimum atomic E-state index is -0.253. The number of hydrogen-bond acceptors (Lipinski definition) is 5. The van der Waals surface area contributed by atoms with Crippen LogP contribution in [0.4, 0.5) is 5.13 Å². The van der Waals surface area contributed by atoms with Crippen LogP contribution in [0.1, 0.15) is 9.67 Å². The van der Waals surface area contributed by atoms with Gasteiger partial charge in [0.2, 0.25) is 0 Å². The Hall–Kier alpha value is -2.41. The summed E-state index contributed by atoms with van der Waals surface area (Å²) in [4.78, 5) is 17.6. The number of rotatable bonds is 4. The summed E-state index contributed by atoms with van der Waals surface area (Å²) in [6, 6.07) is 15.3. The number of halogens is 1. The molecule has 4 aromatic rings. The van der Waals surface area contributed by atoms with E-state index in [4.69, 9.17) is 16.3 Å². The highest BCUT2D eigenvalue weighted by Gasteiger charge is 2.18. The smallest absolute Gasteiger partial charge is 0.269 e. The van der Waals surface area contributed by atoms with E-state index in [2.05, 4.69) is 10.3 Å². The van der Waals surface area contributed by atoms with Crippen molar-refractivity contribution in [3.05, 3.63) is 63.8 Å². The molecule has 2 heterocycles. The van der Waals surface area contributed by atoms with E-state index in [0.717, 1.165) is 27.1 Å². The molecule has 2 aromatic heterocycles. The van der Waals surface area contributed by atoms with E-state index in [1.165, 1.54) is 22.7 Å². The molecule has 0 saturated carbocycles. The summed E-state index contributed by atoms with van der Waals surface area (Å²) >= 11 is 9.11. The molecule has 0 unspecified atom stereocenters. The Morgan fingerprint density at radius 2 is 1.92 bits per heavy atom. The molecule has 26 heavy (non-hydrogen) atoms. The normalized spacial score (nSPS) is 10.8. The van der Waals surface area contributed by atoms with Crippen molar-refractivity contribution in [2.24, 2.45) is 0 Å². The van der Waals surface area contributed by atoms with Gasteiger partial charge < -0.3 is 4.74 Å². The lowest BCUT2D eigenvalue weighted by Crippen LogP contribution is -2.10. The topological polar surface area (TPSA) is 51.2 Å². The molecule has 0 aliphatic heterocycles. The number of amides is 1. The molecule has 2 aromatic carbocycles. The molecule has 4 nitrogen and oxygen atoms in total. The number of anilines is 1. The molecular formula is C19H13ClN2O2S2. The molecule has 130 valence electrons. The Bertz CT molecular complexity index is 1100. The summed E-state index contributed by atoms with van der Waals surface area (Å²) in [5.74, 6) is 0.486. The first-order chi connectivity index (χ1) is 12.7. The maximum atomic E-state index is 12.6. The van der Waals surface area contributed by atoms with E-state index in [1.54, 1.807) is 7.11 Å². The summed E-state index contributed by atoms with van der Waals surface area (Å²) in [6.07, 6.45) is 0. The summed E-state index contributed by atoms with van der Waals surface area (Å²) in [6.45, 7) is 0. The zero-order valence-corrected chi connectivity index (χ0v) is 16.0. The lowest BCUT2D eigenvalue weighted by Gasteiger charge is -2.05. The van der Waals surface area contributed by atoms with Crippen molar-refractivity contribution in [2.45, 2.75) is 0 Å². The molecule has 1 N–H and O–H groups in total. The van der Waals surface area contributed by atoms with Crippen molar-refractivity contribution < 1.29 is 9.53 Å². The molecular weight excluding hydrogens is 388 g/mol. The van der Waals surface area contributed by atoms with E-state index < -0.39 is 0 Å². The Morgan fingerprint density at radius 3 is 2.73 bits per heavy atom. The van der Waals surface area contributed by atoms with Crippen LogP contribution in [0.3, 0.4) is 0 Å². The Morgan fingerprint density at radius 1 is 1.15 bits per heavy atom. The average Bonchev–Trinajstić information content (AvgIpc) is 3.27. The van der Waals surface area contributed by atoms with Crippen molar-refractivity contribution >= 4 is 55.4 Å². The molecule has 0 radical (unpaired) electrons. The minimum absolute atomic E-state index is 0.253. The highest BCUT2D eigenvalue weighted by atomic mass is 35.5. The third-order valence-corrected chi connectivity index (χ3v) is 6.28. The number of methoxy groups -OCH3 is 1. The Kier molecular flexibility index (Phi) is 4.63. The molecule has 4 rings (SSSR count). The minimum Gasteiger partial charge on any atom is -0.496 e. The predicted molar refractivity (Wildman–Crippen MR) is 109 cm³/mol. The van der Waals surface area contributed by atoms with Gasteiger partial charge in [0, 0.05) is 21.0 Å². The molecule has 7 heteroatoms. The van der Waals surface area contributed by atoms with E-state index in [0.29, 0.717) is 15.0 Å². The van der Waals surface area contributed by atoms with E-state index in [1.807, 2.05) is 53.9 Å². The number of benzene rings is 2. The third kappa shape index (κ3) is 3.07. The van der Waals surface area contributed by atoms with Gasteiger partial charge in [-0.2, -0.15) is 0 Å². The average molecular weight is 401 g/mol. The van der Waals surface area contributed by atoms with Crippen molar-refractivity contribution in [2.75, 3.05) is 12.4 Å². The second kappa shape index (κ2) is 7.07. The fraction of sp³-hybridized carbons (Fsp3) is 0.0526. The highest BCUT2D eigenvalue weighted by molar-refractivity contribution is 7.21. The van der Waals surface area contributed by atoms with Crippen LogP contribution in [0, 0.1) is 0 Å². The zero-order valence-electron chi connectivity index (χ0n) is 13.7. The third-order valence-electron chi connectivity index (χ3n) is 3.85. The SMILES string of the molecule is COc1ccccc1-c1csc(NC(=O)c2sc3ccccc3c2Cl)n1. The van der Waals surface area contributed by atoms with Gasteiger partial charge >= 0.3 is 0 Å². The molecule has 0 atom stereocenters. The largest absolute Gasteiger partial charge is 0.496 e. The number of para-hydroxylation sites is 1. The van der Waals surface area contributed by atoms with Gasteiger partial charge in [-0.1, -0.05) is 41.9 Å². The fourth-order valence-electron chi connectivity index (χ4n) is 2.63. The number of fused-ring (bicyclic) bond motifs is 1. The van der Waals surface area contributed by atoms with Crippen molar-refractivity contribution in [1.29, 1.82) is 0 Å². The van der Waals surface area contributed by atoms with Gasteiger partial charge in [-0.15, -0.1) is 22.7 Å². The number of thiophene rings is 1. The van der Waals surface area contributed by atoms with Crippen LogP contribution < -0.4 is 10.1 Å². The fourth-order valence-corrected chi connectivity index (χ4v) is 4.74. The molecule has 0 bridgehead atoms. The number of hydrogen-bond donors (Lipinski definition) is 1. The molecule has 0 spiro atoms. The van der Waals surface area contributed by atoms with Gasteiger partial charge in [0.25, 0.3) is 5.91 Å². The zero-order chi connectivity index (χ0) is 18.1. The quantitative estimate of drug-likeness (QED) is 0.461. The van der Waals surface area contributed by atoms with Gasteiger partial charge in [0.15, 0.2) is 5.13 Å². The lowest BCUT2D eigenvalue weighted by atomic mass is 10.1. The van der Waals surface area contributed by atoms with Gasteiger partial charge in [0.1, 0.15) is 10.6 Å². The number of carbonyl (C=O) groups is 1. The Balaban J connectivity index is 1.61. The van der Waals surface area contributed by atoms with Gasteiger partial charge in [-0.3, -0.25) is 10.1 Å². The number of nitrogens with zero attached hydrogens (tertiary/aromatic N) is 1. The van der Waals surface area contributed by atoms with Crippen molar-refractivity contribution in [1.82, 2.24) is 4.98 Å². The predicted octanol–water partition coefficient (Wildman–Crippen LogP) is 5.94.